The molecule has 1 aromatic carbocycles. The molecule has 0 spiro atoms. The van der Waals surface area contributed by atoms with Gasteiger partial charge in [0.1, 0.15) is 0 Å². The van der Waals surface area contributed by atoms with E-state index in [1.165, 1.54) is 5.56 Å². The maximum Gasteiger partial charge on any atom is 0.305 e. The Morgan fingerprint density at radius 1 is 1.41 bits per heavy atom. The van der Waals surface area contributed by atoms with E-state index in [0.29, 0.717) is 0 Å². The fourth-order valence-corrected chi connectivity index (χ4v) is 2.68. The van der Waals surface area contributed by atoms with Crippen molar-refractivity contribution in [3.63, 3.8) is 0 Å². The molecule has 1 atom stereocenters. The molecular weight excluding hydrogens is 214 g/mol. The molecule has 92 valence electrons. The van der Waals surface area contributed by atoms with Crippen LogP contribution in [0.4, 0.5) is 0 Å². The predicted octanol–water partition coefficient (Wildman–Crippen LogP) is 2.52. The van der Waals surface area contributed by atoms with E-state index in [0.717, 1.165) is 25.9 Å². The molecular formula is C14H19NO2. The van der Waals surface area contributed by atoms with Gasteiger partial charge in [-0.1, -0.05) is 30.3 Å². The molecule has 1 aliphatic rings. The fourth-order valence-electron chi connectivity index (χ4n) is 2.68. The zero-order chi connectivity index (χ0) is 12.3. The number of carbonyl (C=O) groups is 1. The van der Waals surface area contributed by atoms with Crippen molar-refractivity contribution in [1.29, 1.82) is 0 Å². The Kier molecular flexibility index (Phi) is 3.48. The van der Waals surface area contributed by atoms with E-state index in [1.54, 1.807) is 0 Å². The van der Waals surface area contributed by atoms with Crippen molar-refractivity contribution in [3.8, 4) is 0 Å². The van der Waals surface area contributed by atoms with Crippen LogP contribution in [0.5, 0.6) is 0 Å². The molecule has 3 nitrogen and oxygen atoms in total. The molecule has 2 rings (SSSR count). The van der Waals surface area contributed by atoms with Crippen molar-refractivity contribution >= 4 is 5.97 Å². The highest BCUT2D eigenvalue weighted by Gasteiger charge is 2.38. The second-order valence-electron chi connectivity index (χ2n) is 5.08. The van der Waals surface area contributed by atoms with Crippen LogP contribution in [0, 0.1) is 0 Å². The van der Waals surface area contributed by atoms with E-state index in [9.17, 15) is 4.79 Å². The number of rotatable bonds is 4. The van der Waals surface area contributed by atoms with Crippen LogP contribution in [-0.2, 0) is 11.3 Å². The number of hydrogen-bond donors (Lipinski definition) is 1. The van der Waals surface area contributed by atoms with Crippen LogP contribution in [-0.4, -0.2) is 28.1 Å². The first-order valence-electron chi connectivity index (χ1n) is 6.11. The summed E-state index contributed by atoms with van der Waals surface area (Å²) in [4.78, 5) is 13.2. The Balaban J connectivity index is 2.07. The van der Waals surface area contributed by atoms with Crippen LogP contribution in [0.1, 0.15) is 31.7 Å². The first-order valence-corrected chi connectivity index (χ1v) is 6.11. The first-order chi connectivity index (χ1) is 8.10. The predicted molar refractivity (Wildman–Crippen MR) is 66.7 cm³/mol. The van der Waals surface area contributed by atoms with Gasteiger partial charge in [-0.05, 0) is 31.9 Å². The smallest absolute Gasteiger partial charge is 0.305 e. The number of nitrogens with zero attached hydrogens (tertiary/aromatic N) is 1. The minimum atomic E-state index is -0.701. The zero-order valence-corrected chi connectivity index (χ0v) is 10.2. The molecule has 3 heteroatoms. The summed E-state index contributed by atoms with van der Waals surface area (Å²) in [5.74, 6) is -0.701. The Morgan fingerprint density at radius 2 is 2.12 bits per heavy atom. The molecule has 0 aromatic heterocycles. The summed E-state index contributed by atoms with van der Waals surface area (Å²) in [7, 11) is 0. The Labute approximate surface area is 102 Å². The molecule has 0 radical (unpaired) electrons. The van der Waals surface area contributed by atoms with Crippen molar-refractivity contribution in [2.45, 2.75) is 38.3 Å². The number of carboxylic acid groups (broad SMARTS) is 1. The minimum Gasteiger partial charge on any atom is -0.481 e. The first kappa shape index (κ1) is 12.1. The molecule has 0 amide bonds. The third kappa shape index (κ3) is 2.86. The van der Waals surface area contributed by atoms with Gasteiger partial charge in [0, 0.05) is 12.1 Å². The number of hydrogen-bond acceptors (Lipinski definition) is 2. The summed E-state index contributed by atoms with van der Waals surface area (Å²) in [6.07, 6.45) is 2.31. The van der Waals surface area contributed by atoms with Crippen molar-refractivity contribution < 1.29 is 9.90 Å². The monoisotopic (exact) mass is 233 g/mol. The number of likely N-dealkylation sites (tertiary alicyclic amines) is 1. The van der Waals surface area contributed by atoms with Gasteiger partial charge in [0.15, 0.2) is 0 Å². The van der Waals surface area contributed by atoms with Gasteiger partial charge < -0.3 is 5.11 Å². The molecule has 1 heterocycles. The molecule has 1 aliphatic heterocycles. The summed E-state index contributed by atoms with van der Waals surface area (Å²) in [6.45, 7) is 3.92. The Bertz CT molecular complexity index is 390. The van der Waals surface area contributed by atoms with Crippen LogP contribution in [0.2, 0.25) is 0 Å². The highest BCUT2D eigenvalue weighted by atomic mass is 16.4. The van der Waals surface area contributed by atoms with Gasteiger partial charge in [-0.15, -0.1) is 0 Å². The van der Waals surface area contributed by atoms with Gasteiger partial charge in [0.2, 0.25) is 0 Å². The topological polar surface area (TPSA) is 40.5 Å². The quantitative estimate of drug-likeness (QED) is 0.868. The van der Waals surface area contributed by atoms with Gasteiger partial charge in [0.25, 0.3) is 0 Å². The van der Waals surface area contributed by atoms with E-state index in [4.69, 9.17) is 5.11 Å². The van der Waals surface area contributed by atoms with Crippen LogP contribution < -0.4 is 0 Å². The van der Waals surface area contributed by atoms with E-state index in [1.807, 2.05) is 18.2 Å². The third-order valence-corrected chi connectivity index (χ3v) is 3.66. The fraction of sp³-hybridized carbons (Fsp3) is 0.500. The second-order valence-corrected chi connectivity index (χ2v) is 5.08. The summed E-state index contributed by atoms with van der Waals surface area (Å²) in [5, 5.41) is 9.00. The molecule has 0 aliphatic carbocycles. The summed E-state index contributed by atoms with van der Waals surface area (Å²) < 4.78 is 0. The summed E-state index contributed by atoms with van der Waals surface area (Å²) in [6, 6.07) is 10.3. The van der Waals surface area contributed by atoms with Gasteiger partial charge >= 0.3 is 5.97 Å². The molecule has 1 unspecified atom stereocenters. The van der Waals surface area contributed by atoms with Crippen LogP contribution in [0.3, 0.4) is 0 Å². The molecule has 17 heavy (non-hydrogen) atoms. The molecule has 1 saturated heterocycles. The van der Waals surface area contributed by atoms with Crippen LogP contribution in [0.25, 0.3) is 0 Å². The zero-order valence-electron chi connectivity index (χ0n) is 10.2. The molecule has 0 saturated carbocycles. The Morgan fingerprint density at radius 3 is 2.76 bits per heavy atom. The van der Waals surface area contributed by atoms with Crippen molar-refractivity contribution in [2.75, 3.05) is 6.54 Å². The molecule has 1 aromatic rings. The van der Waals surface area contributed by atoms with Crippen molar-refractivity contribution in [1.82, 2.24) is 4.90 Å². The highest BCUT2D eigenvalue weighted by Crippen LogP contribution is 2.33. The third-order valence-electron chi connectivity index (χ3n) is 3.66. The van der Waals surface area contributed by atoms with E-state index in [-0.39, 0.29) is 12.0 Å². The lowest BCUT2D eigenvalue weighted by atomic mass is 9.94. The van der Waals surface area contributed by atoms with Gasteiger partial charge in [-0.25, -0.2) is 0 Å². The summed E-state index contributed by atoms with van der Waals surface area (Å²) in [5.41, 5.74) is 1.08. The number of carboxylic acids is 1. The van der Waals surface area contributed by atoms with Gasteiger partial charge in [0.05, 0.1) is 6.42 Å². The maximum absolute atomic E-state index is 10.9. The molecule has 1 fully saturated rings. The van der Waals surface area contributed by atoms with E-state index >= 15 is 0 Å². The van der Waals surface area contributed by atoms with Gasteiger partial charge in [-0.2, -0.15) is 0 Å². The van der Waals surface area contributed by atoms with E-state index < -0.39 is 5.97 Å². The lowest BCUT2D eigenvalue weighted by molar-refractivity contribution is -0.139. The molecule has 1 N–H and O–H groups in total. The average molecular weight is 233 g/mol. The van der Waals surface area contributed by atoms with Crippen molar-refractivity contribution in [3.05, 3.63) is 35.9 Å². The average Bonchev–Trinajstić information content (AvgIpc) is 2.60. The minimum absolute atomic E-state index is 0.179. The van der Waals surface area contributed by atoms with Gasteiger partial charge in [-0.3, -0.25) is 9.69 Å². The summed E-state index contributed by atoms with van der Waals surface area (Å²) >= 11 is 0. The SMILES string of the molecule is CC1(CC(=O)O)CCCN1Cc1ccccc1. The van der Waals surface area contributed by atoms with E-state index in [2.05, 4.69) is 24.0 Å². The lowest BCUT2D eigenvalue weighted by Crippen LogP contribution is -2.42. The Hall–Kier alpha value is -1.35. The number of aliphatic carboxylic acids is 1. The normalized spacial score (nSPS) is 25.0. The lowest BCUT2D eigenvalue weighted by Gasteiger charge is -2.34. The largest absolute Gasteiger partial charge is 0.481 e. The number of benzene rings is 1. The van der Waals surface area contributed by atoms with Crippen LogP contribution in [0.15, 0.2) is 30.3 Å². The standard InChI is InChI=1S/C14H19NO2/c1-14(10-13(16)17)8-5-9-15(14)11-12-6-3-2-4-7-12/h2-4,6-7H,5,8-11H2,1H3,(H,16,17). The van der Waals surface area contributed by atoms with Crippen LogP contribution >= 0.6 is 0 Å². The maximum atomic E-state index is 10.9. The highest BCUT2D eigenvalue weighted by molar-refractivity contribution is 5.68. The van der Waals surface area contributed by atoms with Crippen molar-refractivity contribution in [2.24, 2.45) is 0 Å². The molecule has 0 bridgehead atoms. The second kappa shape index (κ2) is 4.88.